The van der Waals surface area contributed by atoms with Crippen LogP contribution in [0.5, 0.6) is 5.75 Å². The van der Waals surface area contributed by atoms with Gasteiger partial charge in [0.05, 0.1) is 25.3 Å². The van der Waals surface area contributed by atoms with Gasteiger partial charge in [-0.25, -0.2) is 0 Å². The molecular formula is C13H18ClNO4. The van der Waals surface area contributed by atoms with Crippen molar-refractivity contribution < 1.29 is 19.4 Å². The van der Waals surface area contributed by atoms with Gasteiger partial charge in [-0.05, 0) is 17.7 Å². The molecule has 1 rings (SSSR count). The molecule has 0 fully saturated rings. The van der Waals surface area contributed by atoms with E-state index in [1.54, 1.807) is 31.3 Å². The molecule has 0 aliphatic heterocycles. The van der Waals surface area contributed by atoms with Crippen molar-refractivity contribution in [3.05, 3.63) is 28.8 Å². The van der Waals surface area contributed by atoms with Crippen LogP contribution in [0.4, 0.5) is 0 Å². The summed E-state index contributed by atoms with van der Waals surface area (Å²) in [7, 11) is 3.14. The molecule has 1 N–H and O–H groups in total. The van der Waals surface area contributed by atoms with E-state index in [4.69, 9.17) is 26.2 Å². The first-order chi connectivity index (χ1) is 9.06. The lowest BCUT2D eigenvalue weighted by Crippen LogP contribution is -2.32. The number of methoxy groups -OCH3 is 2. The second kappa shape index (κ2) is 7.99. The first-order valence-electron chi connectivity index (χ1n) is 5.82. The quantitative estimate of drug-likeness (QED) is 0.791. The van der Waals surface area contributed by atoms with Crippen LogP contribution in [0.2, 0.25) is 5.02 Å². The van der Waals surface area contributed by atoms with E-state index in [2.05, 4.69) is 0 Å². The number of benzene rings is 1. The van der Waals surface area contributed by atoms with Gasteiger partial charge in [-0.3, -0.25) is 9.69 Å². The highest BCUT2D eigenvalue weighted by Gasteiger charge is 2.11. The lowest BCUT2D eigenvalue weighted by molar-refractivity contribution is -0.138. The molecule has 0 radical (unpaired) electrons. The van der Waals surface area contributed by atoms with Crippen molar-refractivity contribution in [3.8, 4) is 5.75 Å². The Morgan fingerprint density at radius 1 is 1.42 bits per heavy atom. The molecule has 0 aliphatic rings. The summed E-state index contributed by atoms with van der Waals surface area (Å²) in [4.78, 5) is 12.6. The van der Waals surface area contributed by atoms with Crippen molar-refractivity contribution in [1.29, 1.82) is 0 Å². The number of hydrogen-bond acceptors (Lipinski definition) is 4. The number of carboxylic acids is 1. The molecule has 1 aromatic carbocycles. The SMILES string of the molecule is COCCN(CC(=O)O)Cc1ccc(OC)c(Cl)c1. The molecule has 6 heteroatoms. The first kappa shape index (κ1) is 15.8. The van der Waals surface area contributed by atoms with Crippen molar-refractivity contribution in [2.24, 2.45) is 0 Å². The number of carboxylic acid groups (broad SMARTS) is 1. The van der Waals surface area contributed by atoms with Crippen LogP contribution < -0.4 is 4.74 Å². The average Bonchev–Trinajstić information content (AvgIpc) is 2.35. The largest absolute Gasteiger partial charge is 0.495 e. The molecular weight excluding hydrogens is 270 g/mol. The van der Waals surface area contributed by atoms with E-state index in [-0.39, 0.29) is 6.54 Å². The predicted molar refractivity (Wildman–Crippen MR) is 72.8 cm³/mol. The summed E-state index contributed by atoms with van der Waals surface area (Å²) in [6.45, 7) is 1.50. The van der Waals surface area contributed by atoms with Gasteiger partial charge in [0.15, 0.2) is 0 Å². The summed E-state index contributed by atoms with van der Waals surface area (Å²) in [5.74, 6) is -0.261. The van der Waals surface area contributed by atoms with Crippen LogP contribution in [0.3, 0.4) is 0 Å². The molecule has 0 heterocycles. The van der Waals surface area contributed by atoms with Crippen molar-refractivity contribution >= 4 is 17.6 Å². The maximum absolute atomic E-state index is 10.8. The van der Waals surface area contributed by atoms with Gasteiger partial charge >= 0.3 is 5.97 Å². The minimum Gasteiger partial charge on any atom is -0.495 e. The molecule has 0 aromatic heterocycles. The van der Waals surface area contributed by atoms with E-state index >= 15 is 0 Å². The number of aliphatic carboxylic acids is 1. The second-order valence-electron chi connectivity index (χ2n) is 4.07. The number of ether oxygens (including phenoxy) is 2. The van der Waals surface area contributed by atoms with Crippen molar-refractivity contribution in [1.82, 2.24) is 4.90 Å². The van der Waals surface area contributed by atoms with Crippen LogP contribution in [0.1, 0.15) is 5.56 Å². The lowest BCUT2D eigenvalue weighted by atomic mass is 10.2. The normalized spacial score (nSPS) is 10.7. The fourth-order valence-electron chi connectivity index (χ4n) is 1.69. The first-order valence-corrected chi connectivity index (χ1v) is 6.20. The zero-order chi connectivity index (χ0) is 14.3. The maximum atomic E-state index is 10.8. The zero-order valence-corrected chi connectivity index (χ0v) is 11.8. The second-order valence-corrected chi connectivity index (χ2v) is 4.47. The lowest BCUT2D eigenvalue weighted by Gasteiger charge is -2.20. The minimum absolute atomic E-state index is 0.0347. The van der Waals surface area contributed by atoms with Gasteiger partial charge in [-0.1, -0.05) is 17.7 Å². The van der Waals surface area contributed by atoms with Crippen LogP contribution in [0.25, 0.3) is 0 Å². The van der Waals surface area contributed by atoms with Crippen molar-refractivity contribution in [2.75, 3.05) is 33.9 Å². The van der Waals surface area contributed by atoms with E-state index in [0.717, 1.165) is 5.56 Å². The molecule has 0 saturated carbocycles. The Balaban J connectivity index is 2.71. The summed E-state index contributed by atoms with van der Waals surface area (Å²) in [5, 5.41) is 9.39. The highest BCUT2D eigenvalue weighted by Crippen LogP contribution is 2.25. The van der Waals surface area contributed by atoms with E-state index in [0.29, 0.717) is 30.5 Å². The van der Waals surface area contributed by atoms with Gasteiger partial charge in [0, 0.05) is 20.2 Å². The van der Waals surface area contributed by atoms with Gasteiger partial charge in [-0.15, -0.1) is 0 Å². The molecule has 0 spiro atoms. The maximum Gasteiger partial charge on any atom is 0.317 e. The smallest absolute Gasteiger partial charge is 0.317 e. The number of rotatable bonds is 8. The molecule has 0 atom stereocenters. The molecule has 106 valence electrons. The Morgan fingerprint density at radius 3 is 2.68 bits per heavy atom. The molecule has 5 nitrogen and oxygen atoms in total. The Morgan fingerprint density at radius 2 is 2.16 bits per heavy atom. The Bertz CT molecular complexity index is 425. The molecule has 0 amide bonds. The molecule has 19 heavy (non-hydrogen) atoms. The summed E-state index contributed by atoms with van der Waals surface area (Å²) < 4.78 is 10.0. The third-order valence-electron chi connectivity index (χ3n) is 2.59. The third kappa shape index (κ3) is 5.46. The van der Waals surface area contributed by atoms with Crippen LogP contribution in [0.15, 0.2) is 18.2 Å². The molecule has 1 aromatic rings. The molecule has 0 unspecified atom stereocenters. The number of carbonyl (C=O) groups is 1. The predicted octanol–water partition coefficient (Wildman–Crippen LogP) is 1.88. The Labute approximate surface area is 117 Å². The standard InChI is InChI=1S/C13H18ClNO4/c1-18-6-5-15(9-13(16)17)8-10-3-4-12(19-2)11(14)7-10/h3-4,7H,5-6,8-9H2,1-2H3,(H,16,17). The Hall–Kier alpha value is -1.30. The van der Waals surface area contributed by atoms with Gasteiger partial charge in [0.1, 0.15) is 5.75 Å². The minimum atomic E-state index is -0.865. The van der Waals surface area contributed by atoms with E-state index < -0.39 is 5.97 Å². The topological polar surface area (TPSA) is 59.0 Å². The summed E-state index contributed by atoms with van der Waals surface area (Å²) in [6.07, 6.45) is 0. The van der Waals surface area contributed by atoms with Crippen LogP contribution in [-0.4, -0.2) is 49.9 Å². The molecule has 0 aliphatic carbocycles. The number of nitrogens with zero attached hydrogens (tertiary/aromatic N) is 1. The zero-order valence-electron chi connectivity index (χ0n) is 11.1. The fraction of sp³-hybridized carbons (Fsp3) is 0.462. The van der Waals surface area contributed by atoms with E-state index in [1.807, 2.05) is 6.07 Å². The van der Waals surface area contributed by atoms with Crippen molar-refractivity contribution in [3.63, 3.8) is 0 Å². The third-order valence-corrected chi connectivity index (χ3v) is 2.89. The summed E-state index contributed by atoms with van der Waals surface area (Å²) in [6, 6.07) is 5.42. The van der Waals surface area contributed by atoms with Crippen LogP contribution in [-0.2, 0) is 16.1 Å². The van der Waals surface area contributed by atoms with Crippen molar-refractivity contribution in [2.45, 2.75) is 6.54 Å². The average molecular weight is 288 g/mol. The van der Waals surface area contributed by atoms with Gasteiger partial charge < -0.3 is 14.6 Å². The summed E-state index contributed by atoms with van der Waals surface area (Å²) >= 11 is 6.04. The monoisotopic (exact) mass is 287 g/mol. The highest BCUT2D eigenvalue weighted by molar-refractivity contribution is 6.32. The fourth-order valence-corrected chi connectivity index (χ4v) is 1.97. The number of hydrogen-bond donors (Lipinski definition) is 1. The highest BCUT2D eigenvalue weighted by atomic mass is 35.5. The molecule has 0 bridgehead atoms. The van der Waals surface area contributed by atoms with Crippen LogP contribution >= 0.6 is 11.6 Å². The Kier molecular flexibility index (Phi) is 6.62. The summed E-state index contributed by atoms with van der Waals surface area (Å²) in [5.41, 5.74) is 0.933. The van der Waals surface area contributed by atoms with E-state index in [9.17, 15) is 4.79 Å². The molecule has 0 saturated heterocycles. The van der Waals surface area contributed by atoms with Gasteiger partial charge in [-0.2, -0.15) is 0 Å². The van der Waals surface area contributed by atoms with E-state index in [1.165, 1.54) is 0 Å². The number of halogens is 1. The van der Waals surface area contributed by atoms with Crippen LogP contribution in [0, 0.1) is 0 Å². The van der Waals surface area contributed by atoms with Gasteiger partial charge in [0.2, 0.25) is 0 Å². The van der Waals surface area contributed by atoms with Gasteiger partial charge in [0.25, 0.3) is 0 Å².